The largest absolute Gasteiger partial charge is 0.438 e. The van der Waals surface area contributed by atoms with Crippen LogP contribution in [0.1, 0.15) is 60.1 Å². The fraction of sp³-hybridized carbons (Fsp3) is 0.333. The van der Waals surface area contributed by atoms with Gasteiger partial charge in [-0.15, -0.1) is 0 Å². The molecule has 0 saturated heterocycles. The van der Waals surface area contributed by atoms with Crippen molar-refractivity contribution >= 4 is 27.4 Å². The molecule has 0 fully saturated rings. The maximum atomic E-state index is 13.3. The zero-order valence-electron chi connectivity index (χ0n) is 23.6. The Labute approximate surface area is 236 Å². The Balaban J connectivity index is 0.00000462. The quantitative estimate of drug-likeness (QED) is 0.422. The number of sulfonamides is 1. The van der Waals surface area contributed by atoms with Gasteiger partial charge in [0.1, 0.15) is 11.3 Å². The summed E-state index contributed by atoms with van der Waals surface area (Å²) in [6.07, 6.45) is 2.54. The molecule has 2 aromatic heterocycles. The molecule has 212 valence electrons. The first-order valence-electron chi connectivity index (χ1n) is 13.1. The van der Waals surface area contributed by atoms with Gasteiger partial charge in [0.25, 0.3) is 15.9 Å². The van der Waals surface area contributed by atoms with Crippen LogP contribution in [0.4, 0.5) is 0 Å². The number of nitrogens with one attached hydrogen (secondary N) is 1. The van der Waals surface area contributed by atoms with Crippen molar-refractivity contribution in [1.82, 2.24) is 19.6 Å². The highest BCUT2D eigenvalue weighted by Gasteiger charge is 2.26. The van der Waals surface area contributed by atoms with E-state index in [1.807, 2.05) is 52.8 Å². The van der Waals surface area contributed by atoms with Crippen molar-refractivity contribution in [1.29, 1.82) is 0 Å². The third-order valence-corrected chi connectivity index (χ3v) is 7.85. The van der Waals surface area contributed by atoms with Crippen LogP contribution >= 0.6 is 0 Å². The van der Waals surface area contributed by atoms with E-state index in [4.69, 9.17) is 4.74 Å². The van der Waals surface area contributed by atoms with E-state index < -0.39 is 15.9 Å². The van der Waals surface area contributed by atoms with Crippen molar-refractivity contribution < 1.29 is 24.2 Å². The normalized spacial score (nSPS) is 13.7. The van der Waals surface area contributed by atoms with Crippen LogP contribution in [0, 0.1) is 33.6 Å². The molecule has 3 aromatic rings. The lowest BCUT2D eigenvalue weighted by molar-refractivity contribution is -0.134. The molecule has 0 aliphatic carbocycles. The van der Waals surface area contributed by atoms with Crippen molar-refractivity contribution in [2.24, 2.45) is 5.92 Å². The summed E-state index contributed by atoms with van der Waals surface area (Å²) in [4.78, 5) is 36.2. The summed E-state index contributed by atoms with van der Waals surface area (Å²) in [6, 6.07) is 11.6. The Hall–Kier alpha value is -4.05. The summed E-state index contributed by atoms with van der Waals surface area (Å²) >= 11 is 0. The zero-order valence-corrected chi connectivity index (χ0v) is 24.4. The smallest absolute Gasteiger partial charge is 0.281 e. The van der Waals surface area contributed by atoms with Crippen molar-refractivity contribution in [3.63, 3.8) is 0 Å². The van der Waals surface area contributed by atoms with Crippen LogP contribution in [0.15, 0.2) is 53.6 Å². The van der Waals surface area contributed by atoms with E-state index in [1.54, 1.807) is 30.0 Å². The number of carbonyl (C=O) groups excluding carboxylic acids is 2. The molecule has 3 heterocycles. The first-order chi connectivity index (χ1) is 18.9. The molecule has 0 spiro atoms. The van der Waals surface area contributed by atoms with Gasteiger partial charge in [-0.05, 0) is 75.1 Å². The number of benzene rings is 1. The minimum Gasteiger partial charge on any atom is -0.438 e. The molecule has 1 aliphatic heterocycles. The second kappa shape index (κ2) is 11.6. The van der Waals surface area contributed by atoms with Gasteiger partial charge in [-0.3, -0.25) is 9.59 Å². The second-order valence-corrected chi connectivity index (χ2v) is 12.0. The summed E-state index contributed by atoms with van der Waals surface area (Å²) < 4.78 is 34.2. The molecule has 1 aliphatic rings. The van der Waals surface area contributed by atoms with Crippen LogP contribution in [0.3, 0.4) is 0 Å². The topological polar surface area (TPSA) is 119 Å². The average molecular weight is 565 g/mol. The third kappa shape index (κ3) is 6.39. The van der Waals surface area contributed by atoms with Gasteiger partial charge in [0.05, 0.1) is 5.69 Å². The number of hydrogen-bond acceptors (Lipinski definition) is 7. The molecule has 9 nitrogen and oxygen atoms in total. The van der Waals surface area contributed by atoms with Crippen LogP contribution < -0.4 is 9.46 Å². The molecule has 0 bridgehead atoms. The Morgan fingerprint density at radius 1 is 1.02 bits per heavy atom. The van der Waals surface area contributed by atoms with Gasteiger partial charge in [0.2, 0.25) is 11.8 Å². The van der Waals surface area contributed by atoms with E-state index in [0.717, 1.165) is 22.3 Å². The monoisotopic (exact) mass is 564 g/mol. The maximum Gasteiger partial charge on any atom is 0.281 e. The molecule has 40 heavy (non-hydrogen) atoms. The number of hydrogen-bond donors (Lipinski definition) is 1. The van der Waals surface area contributed by atoms with E-state index in [1.165, 1.54) is 12.1 Å². The molecule has 4 rings (SSSR count). The second-order valence-electron chi connectivity index (χ2n) is 10.3. The molecule has 0 unspecified atom stereocenters. The van der Waals surface area contributed by atoms with Gasteiger partial charge in [0, 0.05) is 26.1 Å². The Kier molecular flexibility index (Phi) is 8.39. The van der Waals surface area contributed by atoms with Crippen LogP contribution in [0.2, 0.25) is 0 Å². The van der Waals surface area contributed by atoms with E-state index in [-0.39, 0.29) is 29.7 Å². The zero-order chi connectivity index (χ0) is 29.2. The van der Waals surface area contributed by atoms with Crippen LogP contribution in [-0.2, 0) is 14.8 Å². The molecule has 2 amide bonds. The lowest BCUT2D eigenvalue weighted by Crippen LogP contribution is -2.37. The predicted octanol–water partition coefficient (Wildman–Crippen LogP) is 5.14. The number of aromatic nitrogens is 2. The number of aryl methyl sites for hydroxylation is 4. The van der Waals surface area contributed by atoms with Gasteiger partial charge in [-0.25, -0.2) is 14.7 Å². The van der Waals surface area contributed by atoms with Gasteiger partial charge < -0.3 is 9.64 Å². The van der Waals surface area contributed by atoms with E-state index >= 15 is 0 Å². The number of carbonyl (C=O) groups is 2. The fourth-order valence-corrected chi connectivity index (χ4v) is 5.64. The number of pyridine rings is 2. The predicted molar refractivity (Wildman–Crippen MR) is 155 cm³/mol. The molecular formula is C30H36N4O5S. The minimum absolute atomic E-state index is 0. The van der Waals surface area contributed by atoms with Gasteiger partial charge in [-0.1, -0.05) is 43.7 Å². The lowest BCUT2D eigenvalue weighted by Gasteiger charge is -2.28. The molecular weight excluding hydrogens is 528 g/mol. The highest BCUT2D eigenvalue weighted by molar-refractivity contribution is 7.90. The summed E-state index contributed by atoms with van der Waals surface area (Å²) in [7, 11) is -4.24. The molecule has 0 atom stereocenters. The molecule has 1 N–H and O–H groups in total. The molecule has 10 heteroatoms. The van der Waals surface area contributed by atoms with Crippen LogP contribution in [0.25, 0.3) is 5.57 Å². The Bertz CT molecular complexity index is 1600. The summed E-state index contributed by atoms with van der Waals surface area (Å²) in [5.74, 6) is -0.351. The number of ether oxygens (including phenoxy) is 1. The van der Waals surface area contributed by atoms with E-state index in [9.17, 15) is 18.0 Å². The van der Waals surface area contributed by atoms with Crippen LogP contribution in [-0.4, -0.2) is 48.2 Å². The number of amides is 2. The summed E-state index contributed by atoms with van der Waals surface area (Å²) in [6.45, 7) is 12.2. The highest BCUT2D eigenvalue weighted by Crippen LogP contribution is 2.33. The first-order valence-corrected chi connectivity index (χ1v) is 14.6. The lowest BCUT2D eigenvalue weighted by atomic mass is 10.0. The SMILES string of the molecule is Cc1cc(C)c(Oc2nc(C3=CCN(C(=O)C(C)C)CC3)ccc2C(=O)NS(=O)(=O)c2cccc(C)n2)c(C)c1.[HH]. The first kappa shape index (κ1) is 28.9. The van der Waals surface area contributed by atoms with Gasteiger partial charge >= 0.3 is 0 Å². The van der Waals surface area contributed by atoms with Crippen molar-refractivity contribution in [2.75, 3.05) is 13.1 Å². The standard InChI is InChI=1S/C30H34N4O5S.H2/c1-18(2)30(36)34-14-12-23(13-15-34)25-11-10-24(28(35)33-40(37,38)26-9-7-8-22(6)31-26)29(32-25)39-27-20(4)16-19(3)17-21(27)5;/h7-12,16-18H,13-15H2,1-6H3,(H,33,35);1H. The number of rotatable bonds is 7. The van der Waals surface area contributed by atoms with E-state index in [2.05, 4.69) is 14.7 Å². The summed E-state index contributed by atoms with van der Waals surface area (Å²) in [5, 5.41) is -0.258. The fourth-order valence-electron chi connectivity index (χ4n) is 4.66. The van der Waals surface area contributed by atoms with Crippen LogP contribution in [0.5, 0.6) is 11.6 Å². The van der Waals surface area contributed by atoms with Crippen molar-refractivity contribution in [3.05, 3.63) is 82.2 Å². The number of nitrogens with zero attached hydrogens (tertiary/aromatic N) is 3. The maximum absolute atomic E-state index is 13.3. The Morgan fingerprint density at radius 3 is 2.33 bits per heavy atom. The van der Waals surface area contributed by atoms with Crippen molar-refractivity contribution in [3.8, 4) is 11.6 Å². The van der Waals surface area contributed by atoms with E-state index in [0.29, 0.717) is 36.6 Å². The van der Waals surface area contributed by atoms with Crippen molar-refractivity contribution in [2.45, 2.75) is 53.0 Å². The average Bonchev–Trinajstić information content (AvgIpc) is 2.90. The molecule has 0 saturated carbocycles. The van der Waals surface area contributed by atoms with Gasteiger partial charge in [0.15, 0.2) is 5.03 Å². The summed E-state index contributed by atoms with van der Waals surface area (Å²) in [5.41, 5.74) is 4.75. The third-order valence-electron chi connectivity index (χ3n) is 6.62. The minimum atomic E-state index is -4.24. The van der Waals surface area contributed by atoms with Gasteiger partial charge in [-0.2, -0.15) is 8.42 Å². The molecule has 0 radical (unpaired) electrons. The Morgan fingerprint density at radius 2 is 1.73 bits per heavy atom. The highest BCUT2D eigenvalue weighted by atomic mass is 32.2. The molecule has 1 aromatic carbocycles.